The maximum absolute atomic E-state index is 12.1. The standard InChI is InChI=1S/C15H23N3O2/c1-11(2)8-18-10-12-9-17(7-6-13(12)16-18)14(19)20-15(3,4)5/h10H,1,6-9H2,2-5H3. The molecule has 2 rings (SSSR count). The molecule has 0 aliphatic carbocycles. The third-order valence-electron chi connectivity index (χ3n) is 2.99. The summed E-state index contributed by atoms with van der Waals surface area (Å²) in [6, 6.07) is 0. The molecule has 0 saturated carbocycles. The zero-order chi connectivity index (χ0) is 14.9. The number of hydrogen-bond donors (Lipinski definition) is 0. The van der Waals surface area contributed by atoms with Crippen LogP contribution in [0.25, 0.3) is 0 Å². The zero-order valence-corrected chi connectivity index (χ0v) is 12.8. The van der Waals surface area contributed by atoms with Gasteiger partial charge in [0.1, 0.15) is 5.60 Å². The van der Waals surface area contributed by atoms with Gasteiger partial charge in [0, 0.05) is 24.7 Å². The third-order valence-corrected chi connectivity index (χ3v) is 2.99. The van der Waals surface area contributed by atoms with Gasteiger partial charge in [-0.05, 0) is 27.7 Å². The van der Waals surface area contributed by atoms with Crippen molar-refractivity contribution in [3.63, 3.8) is 0 Å². The molecule has 0 saturated heterocycles. The SMILES string of the molecule is C=C(C)Cn1cc2c(n1)CCN(C(=O)OC(C)(C)C)C2. The van der Waals surface area contributed by atoms with Crippen LogP contribution in [-0.4, -0.2) is 32.9 Å². The lowest BCUT2D eigenvalue weighted by atomic mass is 10.1. The minimum Gasteiger partial charge on any atom is -0.444 e. The van der Waals surface area contributed by atoms with Gasteiger partial charge in [0.15, 0.2) is 0 Å². The van der Waals surface area contributed by atoms with Crippen molar-refractivity contribution >= 4 is 6.09 Å². The van der Waals surface area contributed by atoms with Gasteiger partial charge in [-0.1, -0.05) is 12.2 Å². The van der Waals surface area contributed by atoms with Crippen LogP contribution in [0.5, 0.6) is 0 Å². The van der Waals surface area contributed by atoms with Crippen LogP contribution >= 0.6 is 0 Å². The van der Waals surface area contributed by atoms with E-state index in [1.165, 1.54) is 0 Å². The quantitative estimate of drug-likeness (QED) is 0.781. The zero-order valence-electron chi connectivity index (χ0n) is 12.8. The van der Waals surface area contributed by atoms with E-state index in [9.17, 15) is 4.79 Å². The molecule has 1 aliphatic heterocycles. The summed E-state index contributed by atoms with van der Waals surface area (Å²) in [5, 5.41) is 4.54. The first-order chi connectivity index (χ1) is 9.24. The minimum absolute atomic E-state index is 0.254. The van der Waals surface area contributed by atoms with Gasteiger partial charge in [0.25, 0.3) is 0 Å². The molecule has 1 aromatic rings. The first-order valence-corrected chi connectivity index (χ1v) is 6.92. The number of allylic oxidation sites excluding steroid dienone is 1. The first-order valence-electron chi connectivity index (χ1n) is 6.92. The van der Waals surface area contributed by atoms with Gasteiger partial charge >= 0.3 is 6.09 Å². The maximum Gasteiger partial charge on any atom is 0.410 e. The highest BCUT2D eigenvalue weighted by molar-refractivity contribution is 5.68. The van der Waals surface area contributed by atoms with Crippen LogP contribution in [0.15, 0.2) is 18.3 Å². The fourth-order valence-electron chi connectivity index (χ4n) is 2.21. The van der Waals surface area contributed by atoms with E-state index in [4.69, 9.17) is 4.74 Å². The molecular weight excluding hydrogens is 254 g/mol. The molecule has 0 bridgehead atoms. The monoisotopic (exact) mass is 277 g/mol. The Bertz CT molecular complexity index is 526. The van der Waals surface area contributed by atoms with Crippen molar-refractivity contribution in [1.82, 2.24) is 14.7 Å². The molecule has 0 unspecified atom stereocenters. The van der Waals surface area contributed by atoms with Gasteiger partial charge in [0.05, 0.1) is 18.8 Å². The fourth-order valence-corrected chi connectivity index (χ4v) is 2.21. The topological polar surface area (TPSA) is 47.4 Å². The van der Waals surface area contributed by atoms with E-state index >= 15 is 0 Å². The lowest BCUT2D eigenvalue weighted by Crippen LogP contribution is -2.39. The molecule has 0 fully saturated rings. The molecule has 5 heteroatoms. The molecule has 1 aliphatic rings. The minimum atomic E-state index is -0.457. The summed E-state index contributed by atoms with van der Waals surface area (Å²) in [6.07, 6.45) is 2.52. The van der Waals surface area contributed by atoms with Crippen LogP contribution in [0.4, 0.5) is 4.79 Å². The first kappa shape index (κ1) is 14.6. The van der Waals surface area contributed by atoms with Crippen molar-refractivity contribution in [3.8, 4) is 0 Å². The summed E-state index contributed by atoms with van der Waals surface area (Å²) >= 11 is 0. The lowest BCUT2D eigenvalue weighted by molar-refractivity contribution is 0.0223. The van der Waals surface area contributed by atoms with Crippen molar-refractivity contribution < 1.29 is 9.53 Å². The van der Waals surface area contributed by atoms with E-state index in [0.29, 0.717) is 13.1 Å². The molecule has 20 heavy (non-hydrogen) atoms. The van der Waals surface area contributed by atoms with Crippen LogP contribution in [-0.2, 0) is 24.2 Å². The van der Waals surface area contributed by atoms with Crippen LogP contribution < -0.4 is 0 Å². The summed E-state index contributed by atoms with van der Waals surface area (Å²) in [4.78, 5) is 13.8. The Morgan fingerprint density at radius 1 is 1.50 bits per heavy atom. The van der Waals surface area contributed by atoms with Crippen LogP contribution in [0.1, 0.15) is 39.0 Å². The molecule has 1 amide bonds. The van der Waals surface area contributed by atoms with E-state index in [2.05, 4.69) is 11.7 Å². The molecule has 110 valence electrons. The van der Waals surface area contributed by atoms with E-state index in [-0.39, 0.29) is 6.09 Å². The lowest BCUT2D eigenvalue weighted by Gasteiger charge is -2.29. The van der Waals surface area contributed by atoms with Gasteiger partial charge in [-0.2, -0.15) is 5.10 Å². The number of hydrogen-bond acceptors (Lipinski definition) is 3. The normalized spacial score (nSPS) is 14.9. The van der Waals surface area contributed by atoms with E-state index in [0.717, 1.165) is 29.8 Å². The number of amides is 1. The van der Waals surface area contributed by atoms with Gasteiger partial charge in [-0.3, -0.25) is 4.68 Å². The highest BCUT2D eigenvalue weighted by atomic mass is 16.6. The van der Waals surface area contributed by atoms with Gasteiger partial charge in [-0.25, -0.2) is 4.79 Å². The largest absolute Gasteiger partial charge is 0.444 e. The molecular formula is C15H23N3O2. The Morgan fingerprint density at radius 3 is 2.80 bits per heavy atom. The second kappa shape index (κ2) is 5.31. The van der Waals surface area contributed by atoms with Gasteiger partial charge < -0.3 is 9.64 Å². The van der Waals surface area contributed by atoms with Crippen molar-refractivity contribution in [2.45, 2.75) is 52.8 Å². The maximum atomic E-state index is 12.1. The number of rotatable bonds is 2. The molecule has 0 radical (unpaired) electrons. The van der Waals surface area contributed by atoms with Crippen molar-refractivity contribution in [2.75, 3.05) is 6.54 Å². The summed E-state index contributed by atoms with van der Waals surface area (Å²) in [6.45, 7) is 13.5. The van der Waals surface area contributed by atoms with Crippen LogP contribution in [0.2, 0.25) is 0 Å². The Hall–Kier alpha value is -1.78. The fraction of sp³-hybridized carbons (Fsp3) is 0.600. The number of ether oxygens (including phenoxy) is 1. The van der Waals surface area contributed by atoms with Crippen LogP contribution in [0, 0.1) is 0 Å². The number of nitrogens with zero attached hydrogens (tertiary/aromatic N) is 3. The van der Waals surface area contributed by atoms with E-state index < -0.39 is 5.60 Å². The van der Waals surface area contributed by atoms with E-state index in [1.54, 1.807) is 4.90 Å². The predicted molar refractivity (Wildman–Crippen MR) is 77.4 cm³/mol. The van der Waals surface area contributed by atoms with Crippen molar-refractivity contribution in [3.05, 3.63) is 29.6 Å². The van der Waals surface area contributed by atoms with Crippen LogP contribution in [0.3, 0.4) is 0 Å². The summed E-state index contributed by atoms with van der Waals surface area (Å²) < 4.78 is 7.30. The number of fused-ring (bicyclic) bond motifs is 1. The average molecular weight is 277 g/mol. The molecule has 0 spiro atoms. The Morgan fingerprint density at radius 2 is 2.20 bits per heavy atom. The molecule has 5 nitrogen and oxygen atoms in total. The second-order valence-corrected chi connectivity index (χ2v) is 6.41. The molecule has 2 heterocycles. The smallest absolute Gasteiger partial charge is 0.410 e. The number of carbonyl (C=O) groups excluding carboxylic acids is 1. The molecule has 1 aromatic heterocycles. The molecule has 0 aromatic carbocycles. The van der Waals surface area contributed by atoms with Gasteiger partial charge in [0.2, 0.25) is 0 Å². The Balaban J connectivity index is 2.05. The second-order valence-electron chi connectivity index (χ2n) is 6.41. The summed E-state index contributed by atoms with van der Waals surface area (Å²) in [5.74, 6) is 0. The number of carbonyl (C=O) groups is 1. The highest BCUT2D eigenvalue weighted by Crippen LogP contribution is 2.20. The molecule has 0 atom stereocenters. The van der Waals surface area contributed by atoms with Gasteiger partial charge in [-0.15, -0.1) is 0 Å². The number of aromatic nitrogens is 2. The average Bonchev–Trinajstić information content (AvgIpc) is 2.66. The van der Waals surface area contributed by atoms with Crippen molar-refractivity contribution in [2.24, 2.45) is 0 Å². The Kier molecular flexibility index (Phi) is 3.88. The summed E-state index contributed by atoms with van der Waals surface area (Å²) in [5.41, 5.74) is 2.78. The summed E-state index contributed by atoms with van der Waals surface area (Å²) in [7, 11) is 0. The van der Waals surface area contributed by atoms with Crippen molar-refractivity contribution in [1.29, 1.82) is 0 Å². The Labute approximate surface area is 120 Å². The third kappa shape index (κ3) is 3.62. The molecule has 0 N–H and O–H groups in total. The van der Waals surface area contributed by atoms with E-state index in [1.807, 2.05) is 38.6 Å². The predicted octanol–water partition coefficient (Wildman–Crippen LogP) is 2.75. The highest BCUT2D eigenvalue weighted by Gasteiger charge is 2.27.